The number of hydrogen-bond acceptors (Lipinski definition) is 5. The number of H-pyrrole nitrogens is 1. The number of para-hydroxylation sites is 1. The van der Waals surface area contributed by atoms with E-state index in [1.54, 1.807) is 24.0 Å². The van der Waals surface area contributed by atoms with Crippen molar-refractivity contribution < 1.29 is 23.8 Å². The van der Waals surface area contributed by atoms with Crippen LogP contribution in [0.25, 0.3) is 10.9 Å². The smallest absolute Gasteiger partial charge is 0.246 e. The first-order chi connectivity index (χ1) is 17.1. The number of aromatic nitrogens is 1. The monoisotopic (exact) mass is 475 g/mol. The molecule has 3 aliphatic rings. The van der Waals surface area contributed by atoms with Gasteiger partial charge in [-0.05, 0) is 42.2 Å². The molecule has 3 atom stereocenters. The fourth-order valence-corrected chi connectivity index (χ4v) is 5.88. The van der Waals surface area contributed by atoms with Gasteiger partial charge in [0.2, 0.25) is 11.8 Å². The van der Waals surface area contributed by atoms with Gasteiger partial charge in [-0.25, -0.2) is 0 Å². The second kappa shape index (κ2) is 8.61. The van der Waals surface area contributed by atoms with Gasteiger partial charge in [-0.3, -0.25) is 9.59 Å². The van der Waals surface area contributed by atoms with Crippen molar-refractivity contribution in [2.75, 3.05) is 33.9 Å². The fraction of sp³-hybridized carbons (Fsp3) is 0.407. The Kier molecular flexibility index (Phi) is 5.40. The highest BCUT2D eigenvalue weighted by Gasteiger charge is 2.48. The number of benzene rings is 2. The van der Waals surface area contributed by atoms with E-state index in [1.807, 2.05) is 36.4 Å². The van der Waals surface area contributed by atoms with E-state index in [2.05, 4.69) is 11.1 Å². The molecule has 6 rings (SSSR count). The first-order valence-electron chi connectivity index (χ1n) is 12.1. The van der Waals surface area contributed by atoms with Crippen molar-refractivity contribution >= 4 is 22.7 Å². The van der Waals surface area contributed by atoms with E-state index in [9.17, 15) is 9.59 Å². The van der Waals surface area contributed by atoms with Crippen LogP contribution < -0.4 is 9.47 Å². The molecule has 0 unspecified atom stereocenters. The van der Waals surface area contributed by atoms with Gasteiger partial charge >= 0.3 is 0 Å². The van der Waals surface area contributed by atoms with Crippen LogP contribution in [0.15, 0.2) is 42.5 Å². The summed E-state index contributed by atoms with van der Waals surface area (Å²) in [4.78, 5) is 34.5. The lowest BCUT2D eigenvalue weighted by Crippen LogP contribution is -2.63. The highest BCUT2D eigenvalue weighted by atomic mass is 16.5. The van der Waals surface area contributed by atoms with Crippen molar-refractivity contribution in [1.82, 2.24) is 14.8 Å². The molecule has 3 aromatic rings. The molecule has 4 heterocycles. The van der Waals surface area contributed by atoms with Crippen LogP contribution in [0.3, 0.4) is 0 Å². The zero-order valence-corrected chi connectivity index (χ0v) is 20.0. The van der Waals surface area contributed by atoms with E-state index in [-0.39, 0.29) is 24.5 Å². The summed E-state index contributed by atoms with van der Waals surface area (Å²) in [7, 11) is 3.19. The standard InChI is InChI=1S/C27H29N3O5/c1-33-22-10-9-16(12-23(22)34-2)26-25-19(18-7-3-4-8-20(18)28-25)13-21-27(32)29(15-24(31)30(21)26)14-17-6-5-11-35-17/h3-4,7-10,12,17,21,26,28H,5-6,11,13-15H2,1-2H3/t17-,21-,26+/m0/s1. The van der Waals surface area contributed by atoms with Crippen LogP contribution in [-0.2, 0) is 20.7 Å². The number of aromatic amines is 1. The molecule has 2 saturated heterocycles. The Bertz CT molecular complexity index is 1300. The van der Waals surface area contributed by atoms with Crippen LogP contribution in [0.4, 0.5) is 0 Å². The summed E-state index contributed by atoms with van der Waals surface area (Å²) < 4.78 is 16.8. The Hall–Kier alpha value is -3.52. The van der Waals surface area contributed by atoms with E-state index in [0.717, 1.165) is 47.2 Å². The Labute approximate surface area is 203 Å². The van der Waals surface area contributed by atoms with Crippen molar-refractivity contribution in [1.29, 1.82) is 0 Å². The predicted octanol–water partition coefficient (Wildman–Crippen LogP) is 3.05. The zero-order chi connectivity index (χ0) is 24.1. The minimum atomic E-state index is -0.567. The number of fused-ring (bicyclic) bond motifs is 4. The van der Waals surface area contributed by atoms with Crippen molar-refractivity contribution in [2.45, 2.75) is 37.5 Å². The maximum Gasteiger partial charge on any atom is 0.246 e. The number of ether oxygens (including phenoxy) is 3. The minimum absolute atomic E-state index is 0.00665. The highest BCUT2D eigenvalue weighted by Crippen LogP contribution is 2.44. The van der Waals surface area contributed by atoms with E-state index in [0.29, 0.717) is 24.5 Å². The summed E-state index contributed by atoms with van der Waals surface area (Å²) in [5.74, 6) is 1.13. The molecule has 2 amide bonds. The quantitative estimate of drug-likeness (QED) is 0.613. The molecule has 0 bridgehead atoms. The Balaban J connectivity index is 1.46. The lowest BCUT2D eigenvalue weighted by molar-refractivity contribution is -0.159. The number of piperazine rings is 1. The number of carbonyl (C=O) groups is 2. The maximum absolute atomic E-state index is 13.8. The summed E-state index contributed by atoms with van der Waals surface area (Å²) in [5.41, 5.74) is 3.90. The van der Waals surface area contributed by atoms with Gasteiger partial charge in [0.25, 0.3) is 0 Å². The molecule has 3 aliphatic heterocycles. The number of nitrogens with zero attached hydrogens (tertiary/aromatic N) is 2. The summed E-state index contributed by atoms with van der Waals surface area (Å²) in [6.45, 7) is 1.25. The van der Waals surface area contributed by atoms with E-state index in [4.69, 9.17) is 14.2 Å². The predicted molar refractivity (Wildman–Crippen MR) is 130 cm³/mol. The SMILES string of the molecule is COc1ccc([C@@H]2c3[nH]c4ccccc4c3C[C@H]3C(=O)N(C[C@@H]4CCCO4)CC(=O)N23)cc1OC. The zero-order valence-electron chi connectivity index (χ0n) is 20.0. The molecular formula is C27H29N3O5. The van der Waals surface area contributed by atoms with Crippen LogP contribution >= 0.6 is 0 Å². The second-order valence-corrected chi connectivity index (χ2v) is 9.45. The van der Waals surface area contributed by atoms with Gasteiger partial charge in [0, 0.05) is 36.2 Å². The molecule has 0 aliphatic carbocycles. The largest absolute Gasteiger partial charge is 0.493 e. The molecule has 2 aromatic carbocycles. The third kappa shape index (κ3) is 3.55. The average molecular weight is 476 g/mol. The van der Waals surface area contributed by atoms with E-state index >= 15 is 0 Å². The normalized spacial score (nSPS) is 24.0. The Morgan fingerprint density at radius 2 is 1.91 bits per heavy atom. The van der Waals surface area contributed by atoms with Gasteiger partial charge < -0.3 is 29.0 Å². The third-order valence-corrected chi connectivity index (χ3v) is 7.51. The molecule has 8 heteroatoms. The summed E-state index contributed by atoms with van der Waals surface area (Å²) in [6, 6.07) is 12.8. The van der Waals surface area contributed by atoms with Gasteiger partial charge in [-0.2, -0.15) is 0 Å². The summed E-state index contributed by atoms with van der Waals surface area (Å²) >= 11 is 0. The maximum atomic E-state index is 13.8. The molecule has 0 saturated carbocycles. The van der Waals surface area contributed by atoms with E-state index in [1.165, 1.54) is 0 Å². The first-order valence-corrected chi connectivity index (χ1v) is 12.1. The molecular weight excluding hydrogens is 446 g/mol. The van der Waals surface area contributed by atoms with Gasteiger partial charge in [0.1, 0.15) is 6.04 Å². The minimum Gasteiger partial charge on any atom is -0.493 e. The van der Waals surface area contributed by atoms with Gasteiger partial charge in [-0.15, -0.1) is 0 Å². The van der Waals surface area contributed by atoms with Gasteiger partial charge in [0.15, 0.2) is 11.5 Å². The average Bonchev–Trinajstić information content (AvgIpc) is 3.53. The van der Waals surface area contributed by atoms with Crippen LogP contribution in [-0.4, -0.2) is 72.7 Å². The Morgan fingerprint density at radius 1 is 1.09 bits per heavy atom. The number of hydrogen-bond donors (Lipinski definition) is 1. The number of carbonyl (C=O) groups excluding carboxylic acids is 2. The van der Waals surface area contributed by atoms with Crippen molar-refractivity contribution in [3.8, 4) is 11.5 Å². The molecule has 1 aromatic heterocycles. The molecule has 0 radical (unpaired) electrons. The summed E-state index contributed by atoms with van der Waals surface area (Å²) in [6.07, 6.45) is 2.41. The van der Waals surface area contributed by atoms with Gasteiger partial charge in [-0.1, -0.05) is 24.3 Å². The Morgan fingerprint density at radius 3 is 2.69 bits per heavy atom. The molecule has 0 spiro atoms. The number of nitrogens with one attached hydrogen (secondary N) is 1. The lowest BCUT2D eigenvalue weighted by atomic mass is 9.86. The molecule has 1 N–H and O–H groups in total. The lowest BCUT2D eigenvalue weighted by Gasteiger charge is -2.47. The molecule has 8 nitrogen and oxygen atoms in total. The van der Waals surface area contributed by atoms with E-state index < -0.39 is 12.1 Å². The van der Waals surface area contributed by atoms with Crippen LogP contribution in [0, 0.1) is 0 Å². The summed E-state index contributed by atoms with van der Waals surface area (Å²) in [5, 5.41) is 1.09. The second-order valence-electron chi connectivity index (χ2n) is 9.45. The van der Waals surface area contributed by atoms with Crippen molar-refractivity contribution in [3.63, 3.8) is 0 Å². The highest BCUT2D eigenvalue weighted by molar-refractivity contribution is 5.97. The van der Waals surface area contributed by atoms with Crippen LogP contribution in [0.1, 0.15) is 35.7 Å². The van der Waals surface area contributed by atoms with Crippen LogP contribution in [0.2, 0.25) is 0 Å². The van der Waals surface area contributed by atoms with Crippen molar-refractivity contribution in [2.24, 2.45) is 0 Å². The fourth-order valence-electron chi connectivity index (χ4n) is 5.88. The number of amides is 2. The van der Waals surface area contributed by atoms with Crippen molar-refractivity contribution in [3.05, 3.63) is 59.3 Å². The molecule has 35 heavy (non-hydrogen) atoms. The van der Waals surface area contributed by atoms with Crippen LogP contribution in [0.5, 0.6) is 11.5 Å². The third-order valence-electron chi connectivity index (χ3n) is 7.51. The molecule has 182 valence electrons. The molecule has 2 fully saturated rings. The topological polar surface area (TPSA) is 84.1 Å². The first kappa shape index (κ1) is 22.0. The number of methoxy groups -OCH3 is 2. The van der Waals surface area contributed by atoms with Gasteiger partial charge in [0.05, 0.1) is 32.9 Å². The number of rotatable bonds is 5.